The molecule has 2 aromatic heterocycles. The molecule has 2 N–H and O–H groups in total. The Morgan fingerprint density at radius 1 is 0.857 bits per heavy atom. The molecule has 0 bridgehead atoms. The van der Waals surface area contributed by atoms with Gasteiger partial charge in [-0.3, -0.25) is 0 Å². The molecule has 0 saturated heterocycles. The maximum Gasteiger partial charge on any atom is 0.150 e. The molecule has 0 unspecified atom stereocenters. The van der Waals surface area contributed by atoms with Crippen LogP contribution in [0.15, 0.2) is 91.4 Å². The van der Waals surface area contributed by atoms with Crippen molar-refractivity contribution < 1.29 is 9.47 Å². The van der Waals surface area contributed by atoms with Crippen molar-refractivity contribution in [2.75, 3.05) is 18.2 Å². The van der Waals surface area contributed by atoms with Crippen molar-refractivity contribution in [3.05, 3.63) is 97.0 Å². The molecular weight excluding hydrogens is 460 g/mol. The fourth-order valence-electron chi connectivity index (χ4n) is 3.94. The molecule has 0 amide bonds. The van der Waals surface area contributed by atoms with E-state index in [1.807, 2.05) is 89.6 Å². The lowest BCUT2D eigenvalue weighted by Crippen LogP contribution is -2.00. The molecule has 0 aliphatic carbocycles. The maximum absolute atomic E-state index is 6.31. The molecular formula is C28H25ClN4O2. The fourth-order valence-corrected chi connectivity index (χ4v) is 4.05. The number of fused-ring (bicyclic) bond motifs is 1. The van der Waals surface area contributed by atoms with E-state index in [9.17, 15) is 0 Å². The number of nitrogen functional groups attached to an aromatic ring is 1. The third-order valence-electron chi connectivity index (χ3n) is 5.67. The molecule has 0 fully saturated rings. The van der Waals surface area contributed by atoms with Crippen molar-refractivity contribution in [3.63, 3.8) is 0 Å². The number of alkyl halides is 1. The van der Waals surface area contributed by atoms with Gasteiger partial charge in [-0.15, -0.1) is 11.6 Å². The van der Waals surface area contributed by atoms with E-state index in [1.54, 1.807) is 0 Å². The number of nitrogens with zero attached hydrogens (tertiary/aromatic N) is 3. The number of benzene rings is 3. The molecule has 0 atom stereocenters. The lowest BCUT2D eigenvalue weighted by Gasteiger charge is -2.09. The number of ether oxygens (including phenoxy) is 2. The normalized spacial score (nSPS) is 11.0. The summed E-state index contributed by atoms with van der Waals surface area (Å²) in [6, 6.07) is 26.0. The molecule has 0 saturated carbocycles. The summed E-state index contributed by atoms with van der Waals surface area (Å²) in [6.45, 7) is 1.09. The van der Waals surface area contributed by atoms with Gasteiger partial charge in [-0.05, 0) is 41.8 Å². The molecule has 6 nitrogen and oxygen atoms in total. The Kier molecular flexibility index (Phi) is 6.82. The minimum Gasteiger partial charge on any atom is -0.493 e. The van der Waals surface area contributed by atoms with Gasteiger partial charge in [0.25, 0.3) is 0 Å². The van der Waals surface area contributed by atoms with Crippen LogP contribution in [0.25, 0.3) is 27.8 Å². The first-order valence-electron chi connectivity index (χ1n) is 11.4. The van der Waals surface area contributed by atoms with Crippen LogP contribution in [0.3, 0.4) is 0 Å². The zero-order chi connectivity index (χ0) is 24.0. The molecule has 0 aliphatic heterocycles. The van der Waals surface area contributed by atoms with Gasteiger partial charge < -0.3 is 19.8 Å². The van der Waals surface area contributed by atoms with Crippen LogP contribution in [0, 0.1) is 0 Å². The molecule has 0 aliphatic rings. The first-order valence-corrected chi connectivity index (χ1v) is 11.9. The van der Waals surface area contributed by atoms with E-state index in [-0.39, 0.29) is 0 Å². The minimum atomic E-state index is 0.433. The van der Waals surface area contributed by atoms with E-state index in [1.165, 1.54) is 6.33 Å². The van der Waals surface area contributed by atoms with E-state index in [0.29, 0.717) is 24.9 Å². The number of aromatic nitrogens is 3. The van der Waals surface area contributed by atoms with E-state index >= 15 is 0 Å². The predicted molar refractivity (Wildman–Crippen MR) is 140 cm³/mol. The zero-order valence-electron chi connectivity index (χ0n) is 19.1. The zero-order valence-corrected chi connectivity index (χ0v) is 19.9. The SMILES string of the molecule is Nc1ncnc2c1c(-c1ccc(OCc3ccccc3)cc1)cn2-c1cccc(OCCCCl)c1. The highest BCUT2D eigenvalue weighted by atomic mass is 35.5. The number of hydrogen-bond donors (Lipinski definition) is 1. The largest absolute Gasteiger partial charge is 0.493 e. The lowest BCUT2D eigenvalue weighted by atomic mass is 10.1. The Morgan fingerprint density at radius 3 is 2.49 bits per heavy atom. The van der Waals surface area contributed by atoms with E-state index in [0.717, 1.165) is 51.3 Å². The second-order valence-corrected chi connectivity index (χ2v) is 8.44. The van der Waals surface area contributed by atoms with Crippen LogP contribution in [-0.4, -0.2) is 27.0 Å². The summed E-state index contributed by atoms with van der Waals surface area (Å²) in [7, 11) is 0. The summed E-state index contributed by atoms with van der Waals surface area (Å²) in [6.07, 6.45) is 4.31. The third kappa shape index (κ3) is 5.08. The topological polar surface area (TPSA) is 75.2 Å². The van der Waals surface area contributed by atoms with Crippen molar-refractivity contribution in [2.24, 2.45) is 0 Å². The van der Waals surface area contributed by atoms with Gasteiger partial charge in [0.05, 0.1) is 17.7 Å². The standard InChI is InChI=1S/C28H25ClN4O2/c29-14-5-15-34-24-9-4-8-22(16-24)33-17-25(26-27(30)31-19-32-28(26)33)21-10-12-23(13-11-21)35-18-20-6-2-1-3-7-20/h1-4,6-13,16-17,19H,5,14-15,18H2,(H2,30,31,32). The number of rotatable bonds is 9. The van der Waals surface area contributed by atoms with Crippen molar-refractivity contribution in [1.29, 1.82) is 0 Å². The summed E-state index contributed by atoms with van der Waals surface area (Å²) < 4.78 is 13.8. The highest BCUT2D eigenvalue weighted by Gasteiger charge is 2.16. The average molecular weight is 485 g/mol. The van der Waals surface area contributed by atoms with Crippen LogP contribution >= 0.6 is 11.6 Å². The van der Waals surface area contributed by atoms with Gasteiger partial charge >= 0.3 is 0 Å². The van der Waals surface area contributed by atoms with Crippen LogP contribution in [0.5, 0.6) is 11.5 Å². The number of nitrogens with two attached hydrogens (primary N) is 1. The van der Waals surface area contributed by atoms with Crippen molar-refractivity contribution >= 4 is 28.5 Å². The minimum absolute atomic E-state index is 0.433. The summed E-state index contributed by atoms with van der Waals surface area (Å²) in [5.74, 6) is 2.57. The fraction of sp³-hybridized carbons (Fsp3) is 0.143. The predicted octanol–water partition coefficient (Wildman–Crippen LogP) is 6.26. The Labute approximate surface area is 208 Å². The second kappa shape index (κ2) is 10.5. The monoisotopic (exact) mass is 484 g/mol. The summed E-state index contributed by atoms with van der Waals surface area (Å²) in [5.41, 5.74) is 11.0. The van der Waals surface area contributed by atoms with Crippen LogP contribution in [0.1, 0.15) is 12.0 Å². The van der Waals surface area contributed by atoms with Gasteiger partial charge in [0, 0.05) is 23.7 Å². The Balaban J connectivity index is 1.46. The van der Waals surface area contributed by atoms with Gasteiger partial charge in [0.1, 0.15) is 30.3 Å². The molecule has 35 heavy (non-hydrogen) atoms. The molecule has 7 heteroatoms. The first kappa shape index (κ1) is 22.7. The highest BCUT2D eigenvalue weighted by Crippen LogP contribution is 2.35. The lowest BCUT2D eigenvalue weighted by molar-refractivity contribution is 0.306. The number of halogens is 1. The highest BCUT2D eigenvalue weighted by molar-refractivity contribution is 6.17. The number of anilines is 1. The summed E-state index contributed by atoms with van der Waals surface area (Å²) in [4.78, 5) is 8.78. The van der Waals surface area contributed by atoms with Crippen LogP contribution < -0.4 is 15.2 Å². The average Bonchev–Trinajstić information content (AvgIpc) is 3.30. The van der Waals surface area contributed by atoms with E-state index in [2.05, 4.69) is 9.97 Å². The van der Waals surface area contributed by atoms with Crippen molar-refractivity contribution in [3.8, 4) is 28.3 Å². The third-order valence-corrected chi connectivity index (χ3v) is 5.94. The Hall–Kier alpha value is -4.03. The molecule has 0 radical (unpaired) electrons. The van der Waals surface area contributed by atoms with Gasteiger partial charge in [-0.25, -0.2) is 9.97 Å². The summed E-state index contributed by atoms with van der Waals surface area (Å²) in [5, 5.41) is 0.805. The van der Waals surface area contributed by atoms with Gasteiger partial charge in [-0.1, -0.05) is 48.5 Å². The van der Waals surface area contributed by atoms with E-state index in [4.69, 9.17) is 26.8 Å². The van der Waals surface area contributed by atoms with Gasteiger partial charge in [0.2, 0.25) is 0 Å². The molecule has 3 aromatic carbocycles. The first-order chi connectivity index (χ1) is 17.2. The van der Waals surface area contributed by atoms with Crippen LogP contribution in [0.2, 0.25) is 0 Å². The van der Waals surface area contributed by atoms with Crippen LogP contribution in [0.4, 0.5) is 5.82 Å². The molecule has 5 rings (SSSR count). The Morgan fingerprint density at radius 2 is 1.69 bits per heavy atom. The van der Waals surface area contributed by atoms with Gasteiger partial charge in [-0.2, -0.15) is 0 Å². The maximum atomic E-state index is 6.31. The quantitative estimate of drug-likeness (QED) is 0.197. The molecule has 2 heterocycles. The molecule has 176 valence electrons. The smallest absolute Gasteiger partial charge is 0.150 e. The summed E-state index contributed by atoms with van der Waals surface area (Å²) >= 11 is 5.77. The number of hydrogen-bond acceptors (Lipinski definition) is 5. The Bertz CT molecular complexity index is 1420. The molecule has 5 aromatic rings. The van der Waals surface area contributed by atoms with Crippen LogP contribution in [-0.2, 0) is 6.61 Å². The second-order valence-electron chi connectivity index (χ2n) is 8.06. The van der Waals surface area contributed by atoms with Crippen molar-refractivity contribution in [1.82, 2.24) is 14.5 Å². The van der Waals surface area contributed by atoms with E-state index < -0.39 is 0 Å². The molecule has 0 spiro atoms. The van der Waals surface area contributed by atoms with Crippen molar-refractivity contribution in [2.45, 2.75) is 13.0 Å². The van der Waals surface area contributed by atoms with Gasteiger partial charge in [0.15, 0.2) is 5.65 Å².